The third kappa shape index (κ3) is 6.70. The molecule has 0 saturated heterocycles. The fraction of sp³-hybridized carbons (Fsp3) is 0.600. The second-order valence-electron chi connectivity index (χ2n) is 7.21. The number of hydrogen-bond acceptors (Lipinski definition) is 4. The molecule has 0 spiro atoms. The minimum atomic E-state index is -0.147. The fourth-order valence-electron chi connectivity index (χ4n) is 3.32. The molecule has 1 saturated carbocycles. The zero-order chi connectivity index (χ0) is 19.1. The molecule has 0 aliphatic heterocycles. The van der Waals surface area contributed by atoms with E-state index in [0.717, 1.165) is 37.7 Å². The Hall–Kier alpha value is -1.79. The number of amides is 2. The van der Waals surface area contributed by atoms with Crippen LogP contribution in [0.4, 0.5) is 0 Å². The van der Waals surface area contributed by atoms with Crippen LogP contribution < -0.4 is 15.8 Å². The number of nitrogens with one attached hydrogen (secondary N) is 1. The third-order valence-corrected chi connectivity index (χ3v) is 4.95. The summed E-state index contributed by atoms with van der Waals surface area (Å²) in [4.78, 5) is 26.0. The van der Waals surface area contributed by atoms with E-state index >= 15 is 0 Å². The quantitative estimate of drug-likeness (QED) is 0.740. The molecular formula is C20H32ClN3O3. The number of para-hydroxylation sites is 1. The number of rotatable bonds is 7. The van der Waals surface area contributed by atoms with Gasteiger partial charge in [0, 0.05) is 31.6 Å². The molecule has 3 N–H and O–H groups in total. The number of nitrogens with zero attached hydrogens (tertiary/aromatic N) is 1. The second-order valence-corrected chi connectivity index (χ2v) is 7.21. The maximum Gasteiger partial charge on any atom is 0.259 e. The minimum absolute atomic E-state index is 0. The van der Waals surface area contributed by atoms with Crippen LogP contribution in [0.5, 0.6) is 5.75 Å². The fourth-order valence-corrected chi connectivity index (χ4v) is 3.32. The molecule has 1 fully saturated rings. The van der Waals surface area contributed by atoms with Gasteiger partial charge in [0.1, 0.15) is 5.75 Å². The molecule has 7 heteroatoms. The third-order valence-electron chi connectivity index (χ3n) is 4.95. The van der Waals surface area contributed by atoms with Crippen LogP contribution in [0.2, 0.25) is 0 Å². The van der Waals surface area contributed by atoms with Crippen molar-refractivity contribution in [1.82, 2.24) is 10.2 Å². The average Bonchev–Trinajstić information content (AvgIpc) is 2.64. The predicted molar refractivity (Wildman–Crippen MR) is 109 cm³/mol. The molecule has 6 nitrogen and oxygen atoms in total. The van der Waals surface area contributed by atoms with Gasteiger partial charge in [0.05, 0.1) is 6.04 Å². The van der Waals surface area contributed by atoms with Crippen molar-refractivity contribution in [3.8, 4) is 5.75 Å². The van der Waals surface area contributed by atoms with Crippen LogP contribution in [-0.2, 0) is 9.59 Å². The van der Waals surface area contributed by atoms with Gasteiger partial charge in [-0.15, -0.1) is 12.4 Å². The number of ether oxygens (including phenoxy) is 1. The van der Waals surface area contributed by atoms with Gasteiger partial charge < -0.3 is 20.7 Å². The molecule has 1 aromatic rings. The van der Waals surface area contributed by atoms with E-state index in [1.807, 2.05) is 31.2 Å². The molecule has 0 aromatic heterocycles. The number of hydrogen-bond donors (Lipinski definition) is 2. The standard InChI is InChI=1S/C20H31N3O3.ClH/c1-4-17(22-20(25)14-8-7-9-15(21)12-14)16-10-5-6-11-18(16)26-13-19(24)23(2)3;/h5-6,10-11,14-15,17H,4,7-9,12-13,21H2,1-3H3,(H,22,25);1H. The first-order valence-corrected chi connectivity index (χ1v) is 9.40. The molecule has 0 heterocycles. The number of likely N-dealkylation sites (N-methyl/N-ethyl adjacent to an activating group) is 1. The number of halogens is 1. The SMILES string of the molecule is CCC(NC(=O)C1CCCC(N)C1)c1ccccc1OCC(=O)N(C)C.Cl. The van der Waals surface area contributed by atoms with Crippen molar-refractivity contribution in [3.63, 3.8) is 0 Å². The van der Waals surface area contributed by atoms with Crippen LogP contribution in [0.1, 0.15) is 50.6 Å². The van der Waals surface area contributed by atoms with E-state index < -0.39 is 0 Å². The van der Waals surface area contributed by atoms with Crippen molar-refractivity contribution in [2.75, 3.05) is 20.7 Å². The molecule has 1 aromatic carbocycles. The van der Waals surface area contributed by atoms with Gasteiger partial charge in [-0.1, -0.05) is 31.5 Å². The van der Waals surface area contributed by atoms with Crippen molar-refractivity contribution in [1.29, 1.82) is 0 Å². The van der Waals surface area contributed by atoms with Crippen LogP contribution >= 0.6 is 12.4 Å². The normalized spacial score (nSPS) is 20.1. The molecule has 0 radical (unpaired) electrons. The first kappa shape index (κ1) is 23.2. The summed E-state index contributed by atoms with van der Waals surface area (Å²) < 4.78 is 5.72. The summed E-state index contributed by atoms with van der Waals surface area (Å²) in [6, 6.07) is 7.54. The molecule has 27 heavy (non-hydrogen) atoms. The number of benzene rings is 1. The van der Waals surface area contributed by atoms with Gasteiger partial charge in [0.2, 0.25) is 5.91 Å². The van der Waals surface area contributed by atoms with Gasteiger partial charge in [0.25, 0.3) is 5.91 Å². The Balaban J connectivity index is 0.00000364. The topological polar surface area (TPSA) is 84.7 Å². The number of nitrogens with two attached hydrogens (primary N) is 1. The minimum Gasteiger partial charge on any atom is -0.483 e. The summed E-state index contributed by atoms with van der Waals surface area (Å²) in [5.74, 6) is 0.575. The summed E-state index contributed by atoms with van der Waals surface area (Å²) in [7, 11) is 3.39. The van der Waals surface area contributed by atoms with Crippen LogP contribution in [0.3, 0.4) is 0 Å². The maximum atomic E-state index is 12.7. The van der Waals surface area contributed by atoms with Crippen molar-refractivity contribution in [2.45, 2.75) is 51.1 Å². The first-order chi connectivity index (χ1) is 12.4. The number of carbonyl (C=O) groups is 2. The van der Waals surface area contributed by atoms with Crippen LogP contribution in [-0.4, -0.2) is 43.5 Å². The highest BCUT2D eigenvalue weighted by Gasteiger charge is 2.27. The van der Waals surface area contributed by atoms with E-state index in [2.05, 4.69) is 5.32 Å². The molecule has 0 bridgehead atoms. The molecule has 1 aliphatic rings. The van der Waals surface area contributed by atoms with Crippen molar-refractivity contribution in [2.24, 2.45) is 11.7 Å². The Labute approximate surface area is 168 Å². The van der Waals surface area contributed by atoms with E-state index in [-0.39, 0.29) is 48.8 Å². The summed E-state index contributed by atoms with van der Waals surface area (Å²) in [6.07, 6.45) is 4.38. The van der Waals surface area contributed by atoms with Gasteiger partial charge in [-0.2, -0.15) is 0 Å². The lowest BCUT2D eigenvalue weighted by atomic mass is 9.85. The molecule has 152 valence electrons. The highest BCUT2D eigenvalue weighted by molar-refractivity contribution is 5.85. The van der Waals surface area contributed by atoms with Crippen molar-refractivity contribution in [3.05, 3.63) is 29.8 Å². The van der Waals surface area contributed by atoms with Gasteiger partial charge in [-0.05, 0) is 31.7 Å². The number of carbonyl (C=O) groups excluding carboxylic acids is 2. The van der Waals surface area contributed by atoms with E-state index in [1.54, 1.807) is 14.1 Å². The highest BCUT2D eigenvalue weighted by atomic mass is 35.5. The summed E-state index contributed by atoms with van der Waals surface area (Å²) >= 11 is 0. The lowest BCUT2D eigenvalue weighted by Gasteiger charge is -2.28. The van der Waals surface area contributed by atoms with Gasteiger partial charge in [-0.25, -0.2) is 0 Å². The summed E-state index contributed by atoms with van der Waals surface area (Å²) in [5, 5.41) is 3.15. The molecule has 1 aliphatic carbocycles. The van der Waals surface area contributed by atoms with Crippen LogP contribution in [0.25, 0.3) is 0 Å². The Morgan fingerprint density at radius 2 is 2.00 bits per heavy atom. The zero-order valence-electron chi connectivity index (χ0n) is 16.4. The summed E-state index contributed by atoms with van der Waals surface area (Å²) in [5.41, 5.74) is 6.92. The Bertz CT molecular complexity index is 624. The van der Waals surface area contributed by atoms with Crippen molar-refractivity contribution >= 4 is 24.2 Å². The van der Waals surface area contributed by atoms with Gasteiger partial charge in [-0.3, -0.25) is 9.59 Å². The Morgan fingerprint density at radius 1 is 1.30 bits per heavy atom. The highest BCUT2D eigenvalue weighted by Crippen LogP contribution is 2.29. The maximum absolute atomic E-state index is 12.7. The average molecular weight is 398 g/mol. The smallest absolute Gasteiger partial charge is 0.259 e. The molecule has 2 rings (SSSR count). The largest absolute Gasteiger partial charge is 0.483 e. The monoisotopic (exact) mass is 397 g/mol. The lowest BCUT2D eigenvalue weighted by Crippen LogP contribution is -2.39. The van der Waals surface area contributed by atoms with Crippen molar-refractivity contribution < 1.29 is 14.3 Å². The van der Waals surface area contributed by atoms with E-state index in [1.165, 1.54) is 4.90 Å². The second kappa shape index (κ2) is 11.1. The Morgan fingerprint density at radius 3 is 2.63 bits per heavy atom. The van der Waals surface area contributed by atoms with Gasteiger partial charge >= 0.3 is 0 Å². The Kier molecular flexibility index (Phi) is 9.60. The predicted octanol–water partition coefficient (Wildman–Crippen LogP) is 2.66. The zero-order valence-corrected chi connectivity index (χ0v) is 17.3. The van der Waals surface area contributed by atoms with Gasteiger partial charge in [0.15, 0.2) is 6.61 Å². The van der Waals surface area contributed by atoms with E-state index in [4.69, 9.17) is 10.5 Å². The summed E-state index contributed by atoms with van der Waals surface area (Å²) in [6.45, 7) is 2.01. The van der Waals surface area contributed by atoms with Crippen LogP contribution in [0, 0.1) is 5.92 Å². The first-order valence-electron chi connectivity index (χ1n) is 9.40. The molecular weight excluding hydrogens is 366 g/mol. The van der Waals surface area contributed by atoms with Crippen LogP contribution in [0.15, 0.2) is 24.3 Å². The van der Waals surface area contributed by atoms with E-state index in [9.17, 15) is 9.59 Å². The molecule has 3 atom stereocenters. The van der Waals surface area contributed by atoms with E-state index in [0.29, 0.717) is 5.75 Å². The lowest BCUT2D eigenvalue weighted by molar-refractivity contribution is -0.131. The molecule has 2 amide bonds. The molecule has 3 unspecified atom stereocenters.